The zero-order chi connectivity index (χ0) is 19.8. The molecule has 1 aliphatic carbocycles. The largest absolute Gasteiger partial charge is 0.382 e. The van der Waals surface area contributed by atoms with Crippen LogP contribution in [0, 0.1) is 17.8 Å². The number of primary amides is 1. The van der Waals surface area contributed by atoms with E-state index >= 15 is 0 Å². The van der Waals surface area contributed by atoms with Gasteiger partial charge in [0, 0.05) is 27.3 Å². The van der Waals surface area contributed by atoms with E-state index in [4.69, 9.17) is 19.9 Å². The number of nitrogens with two attached hydrogens (primary N) is 1. The molecule has 1 amide bonds. The molecule has 0 aliphatic heterocycles. The molecule has 1 rings (SSSR count). The predicted molar refractivity (Wildman–Crippen MR) is 105 cm³/mol. The van der Waals surface area contributed by atoms with Crippen molar-refractivity contribution < 1.29 is 25.2 Å². The van der Waals surface area contributed by atoms with Gasteiger partial charge in [-0.2, -0.15) is 0 Å². The summed E-state index contributed by atoms with van der Waals surface area (Å²) < 4.78 is 14.9. The first-order valence-corrected chi connectivity index (χ1v) is 9.82. The highest BCUT2D eigenvalue weighted by Gasteiger charge is 2.21. The molecular weight excluding hydrogens is 334 g/mol. The van der Waals surface area contributed by atoms with Crippen molar-refractivity contribution in [2.45, 2.75) is 59.3 Å². The highest BCUT2D eigenvalue weighted by Crippen LogP contribution is 2.30. The zero-order valence-electron chi connectivity index (χ0n) is 17.1. The van der Waals surface area contributed by atoms with Crippen molar-refractivity contribution in [1.29, 1.82) is 0 Å². The lowest BCUT2D eigenvalue weighted by Gasteiger charge is -2.25. The molecule has 156 valence electrons. The molecule has 0 atom stereocenters. The Balaban J connectivity index is 0. The van der Waals surface area contributed by atoms with Crippen LogP contribution in [0.4, 0.5) is 0 Å². The van der Waals surface area contributed by atoms with Gasteiger partial charge in [0.25, 0.3) is 0 Å². The van der Waals surface area contributed by atoms with E-state index in [-0.39, 0.29) is 19.7 Å². The minimum atomic E-state index is -0.347. The molecule has 0 aromatic rings. The molecule has 6 heteroatoms. The van der Waals surface area contributed by atoms with Crippen molar-refractivity contribution in [2.75, 3.05) is 40.1 Å². The second-order valence-electron chi connectivity index (χ2n) is 7.38. The van der Waals surface area contributed by atoms with Gasteiger partial charge < -0.3 is 19.9 Å². The van der Waals surface area contributed by atoms with Gasteiger partial charge in [0.15, 0.2) is 0 Å². The van der Waals surface area contributed by atoms with Gasteiger partial charge in [-0.15, -0.1) is 0 Å². The number of rotatable bonds is 12. The fourth-order valence-electron chi connectivity index (χ4n) is 2.69. The quantitative estimate of drug-likeness (QED) is 0.529. The maximum absolute atomic E-state index is 11.5. The number of carbonyl (C=O) groups is 2. The summed E-state index contributed by atoms with van der Waals surface area (Å²) in [6.45, 7) is 8.85. The van der Waals surface area contributed by atoms with E-state index in [0.29, 0.717) is 44.7 Å². The third-order valence-corrected chi connectivity index (χ3v) is 4.57. The highest BCUT2D eigenvalue weighted by atomic mass is 16.5. The summed E-state index contributed by atoms with van der Waals surface area (Å²) in [6, 6.07) is 0. The average molecular weight is 376 g/mol. The number of carbonyl (C=O) groups excluding carboxylic acids is 2. The lowest BCUT2D eigenvalue weighted by Crippen LogP contribution is -2.18. The first-order valence-electron chi connectivity index (χ1n) is 9.82. The second kappa shape index (κ2) is 16.2. The standard InChI is InChI=1S/C12H22O.C8H17NO4.H2/c1-9(2)12(13)8-11-6-4-10(3)5-7-11;1-11-4-5-13-7-6-12-3-2-8(9)10;/h9-11H,4-8H2,1-3H3;2-7H2,1H3,(H2,9,10);1H. The summed E-state index contributed by atoms with van der Waals surface area (Å²) in [5.74, 6) is 1.94. The molecule has 0 unspecified atom stereocenters. The summed E-state index contributed by atoms with van der Waals surface area (Å²) in [4.78, 5) is 21.8. The number of methoxy groups -OCH3 is 1. The first kappa shape index (κ1) is 25.0. The van der Waals surface area contributed by atoms with E-state index in [1.54, 1.807) is 7.11 Å². The Morgan fingerprint density at radius 1 is 1.00 bits per heavy atom. The second-order valence-corrected chi connectivity index (χ2v) is 7.38. The molecule has 0 bridgehead atoms. The van der Waals surface area contributed by atoms with Crippen LogP contribution in [-0.2, 0) is 23.8 Å². The van der Waals surface area contributed by atoms with Gasteiger partial charge in [0.1, 0.15) is 5.78 Å². The van der Waals surface area contributed by atoms with Gasteiger partial charge in [-0.05, 0) is 24.7 Å². The van der Waals surface area contributed by atoms with Gasteiger partial charge in [0.2, 0.25) is 5.91 Å². The third-order valence-electron chi connectivity index (χ3n) is 4.57. The van der Waals surface area contributed by atoms with Crippen molar-refractivity contribution in [2.24, 2.45) is 23.5 Å². The molecular formula is C20H41NO5. The van der Waals surface area contributed by atoms with Gasteiger partial charge in [0.05, 0.1) is 33.0 Å². The van der Waals surface area contributed by atoms with Crippen LogP contribution in [0.15, 0.2) is 0 Å². The molecule has 0 saturated heterocycles. The van der Waals surface area contributed by atoms with Gasteiger partial charge in [-0.25, -0.2) is 0 Å². The molecule has 0 heterocycles. The lowest BCUT2D eigenvalue weighted by atomic mass is 9.80. The molecule has 26 heavy (non-hydrogen) atoms. The Morgan fingerprint density at radius 2 is 1.54 bits per heavy atom. The molecule has 0 aromatic carbocycles. The Labute approximate surface area is 160 Å². The van der Waals surface area contributed by atoms with E-state index in [1.807, 2.05) is 13.8 Å². The molecule has 1 saturated carbocycles. The maximum atomic E-state index is 11.5. The number of ketones is 1. The fourth-order valence-corrected chi connectivity index (χ4v) is 2.69. The zero-order valence-corrected chi connectivity index (χ0v) is 17.1. The summed E-state index contributed by atoms with van der Waals surface area (Å²) >= 11 is 0. The van der Waals surface area contributed by atoms with Gasteiger partial charge >= 0.3 is 0 Å². The Morgan fingerprint density at radius 3 is 2.04 bits per heavy atom. The molecule has 1 aliphatic rings. The number of amides is 1. The molecule has 6 nitrogen and oxygen atoms in total. The van der Waals surface area contributed by atoms with Crippen molar-refractivity contribution >= 4 is 11.7 Å². The van der Waals surface area contributed by atoms with Crippen molar-refractivity contribution in [1.82, 2.24) is 0 Å². The van der Waals surface area contributed by atoms with E-state index < -0.39 is 0 Å². The minimum absolute atomic E-state index is 0. The van der Waals surface area contributed by atoms with Gasteiger partial charge in [-0.3, -0.25) is 9.59 Å². The normalized spacial score (nSPS) is 19.7. The Kier molecular flexibility index (Phi) is 15.6. The molecule has 1 fully saturated rings. The van der Waals surface area contributed by atoms with E-state index in [9.17, 15) is 9.59 Å². The van der Waals surface area contributed by atoms with Crippen LogP contribution in [0.1, 0.15) is 60.7 Å². The number of hydrogen-bond donors (Lipinski definition) is 1. The summed E-state index contributed by atoms with van der Waals surface area (Å²) in [5, 5.41) is 0. The van der Waals surface area contributed by atoms with Crippen LogP contribution in [0.2, 0.25) is 0 Å². The SMILES string of the molecule is CC1CCC(CC(=O)C(C)C)CC1.COCCOCCOCCC(N)=O.[HH]. The van der Waals surface area contributed by atoms with E-state index in [0.717, 1.165) is 12.3 Å². The van der Waals surface area contributed by atoms with E-state index in [2.05, 4.69) is 6.92 Å². The molecule has 0 spiro atoms. The number of hydrogen-bond acceptors (Lipinski definition) is 5. The van der Waals surface area contributed by atoms with Crippen LogP contribution < -0.4 is 5.73 Å². The summed E-state index contributed by atoms with van der Waals surface area (Å²) in [5.41, 5.74) is 4.91. The Bertz CT molecular complexity index is 371. The monoisotopic (exact) mass is 375 g/mol. The number of ether oxygens (including phenoxy) is 3. The molecule has 0 aromatic heterocycles. The highest BCUT2D eigenvalue weighted by molar-refractivity contribution is 5.80. The van der Waals surface area contributed by atoms with Crippen LogP contribution in [0.3, 0.4) is 0 Å². The average Bonchev–Trinajstić information content (AvgIpc) is 2.59. The fraction of sp³-hybridized carbons (Fsp3) is 0.900. The summed E-state index contributed by atoms with van der Waals surface area (Å²) in [7, 11) is 1.62. The minimum Gasteiger partial charge on any atom is -0.382 e. The first-order chi connectivity index (χ1) is 12.4. The van der Waals surface area contributed by atoms with Crippen molar-refractivity contribution in [3.05, 3.63) is 0 Å². The Hall–Kier alpha value is -0.980. The number of Topliss-reactive ketones (excluding diaryl/α,β-unsaturated/α-hetero) is 1. The smallest absolute Gasteiger partial charge is 0.219 e. The lowest BCUT2D eigenvalue weighted by molar-refractivity contribution is -0.123. The molecule has 0 radical (unpaired) electrons. The van der Waals surface area contributed by atoms with Gasteiger partial charge in [-0.1, -0.05) is 33.6 Å². The third kappa shape index (κ3) is 15.3. The predicted octanol–water partition coefficient (Wildman–Crippen LogP) is 3.22. The van der Waals surface area contributed by atoms with Crippen LogP contribution in [0.5, 0.6) is 0 Å². The summed E-state index contributed by atoms with van der Waals surface area (Å²) in [6.07, 6.45) is 6.31. The van der Waals surface area contributed by atoms with Crippen molar-refractivity contribution in [3.63, 3.8) is 0 Å². The van der Waals surface area contributed by atoms with Crippen LogP contribution >= 0.6 is 0 Å². The molecule has 2 N–H and O–H groups in total. The topological polar surface area (TPSA) is 87.8 Å². The maximum Gasteiger partial charge on any atom is 0.219 e. The van der Waals surface area contributed by atoms with Crippen LogP contribution in [-0.4, -0.2) is 51.8 Å². The van der Waals surface area contributed by atoms with Crippen LogP contribution in [0.25, 0.3) is 0 Å². The van der Waals surface area contributed by atoms with Crippen molar-refractivity contribution in [3.8, 4) is 0 Å². The van der Waals surface area contributed by atoms with E-state index in [1.165, 1.54) is 25.7 Å².